The lowest BCUT2D eigenvalue weighted by Crippen LogP contribution is -2.49. The van der Waals surface area contributed by atoms with Gasteiger partial charge in [-0.1, -0.05) is 66.5 Å². The number of amides is 2. The zero-order valence-electron chi connectivity index (χ0n) is 17.4. The van der Waals surface area contributed by atoms with Crippen LogP contribution in [0.4, 0.5) is 0 Å². The summed E-state index contributed by atoms with van der Waals surface area (Å²) in [5.74, 6) is 1.34. The molecule has 0 fully saturated rings. The molecular weight excluding hydrogens is 439 g/mol. The summed E-state index contributed by atoms with van der Waals surface area (Å²) < 4.78 is 0. The first-order valence-electron chi connectivity index (χ1n) is 10.1. The van der Waals surface area contributed by atoms with Crippen LogP contribution in [0.2, 0.25) is 10.0 Å². The first-order valence-corrected chi connectivity index (χ1v) is 12.0. The standard InChI is InChI=1S/C23H28Cl2N2O2S/c1-3-21(23(29)26-4-2)27(15-18-10-11-19(24)14-20(18)25)22(28)12-13-30-16-17-8-6-5-7-9-17/h5-11,14,21H,3-4,12-13,15-16H2,1-2H3,(H,26,29)/t21-/m1/s1. The highest BCUT2D eigenvalue weighted by atomic mass is 35.5. The van der Waals surface area contributed by atoms with Crippen molar-refractivity contribution >= 4 is 46.8 Å². The van der Waals surface area contributed by atoms with Crippen molar-refractivity contribution in [2.45, 2.75) is 45.0 Å². The minimum absolute atomic E-state index is 0.0559. The molecule has 0 heterocycles. The molecule has 162 valence electrons. The minimum Gasteiger partial charge on any atom is -0.355 e. The van der Waals surface area contributed by atoms with Crippen molar-refractivity contribution in [3.05, 3.63) is 69.7 Å². The van der Waals surface area contributed by atoms with Gasteiger partial charge in [0.15, 0.2) is 0 Å². The molecular formula is C23H28Cl2N2O2S. The minimum atomic E-state index is -0.539. The first-order chi connectivity index (χ1) is 14.5. The molecule has 1 atom stereocenters. The molecule has 0 aliphatic rings. The van der Waals surface area contributed by atoms with Crippen LogP contribution in [0.5, 0.6) is 0 Å². The van der Waals surface area contributed by atoms with Crippen molar-refractivity contribution in [3.63, 3.8) is 0 Å². The highest BCUT2D eigenvalue weighted by Crippen LogP contribution is 2.24. The molecule has 30 heavy (non-hydrogen) atoms. The second-order valence-corrected chi connectivity index (χ2v) is 8.81. The normalized spacial score (nSPS) is 11.7. The molecule has 1 N–H and O–H groups in total. The summed E-state index contributed by atoms with van der Waals surface area (Å²) in [6, 6.07) is 14.8. The number of benzene rings is 2. The molecule has 0 aliphatic carbocycles. The number of carbonyl (C=O) groups excluding carboxylic acids is 2. The molecule has 0 unspecified atom stereocenters. The van der Waals surface area contributed by atoms with Crippen LogP contribution in [0, 0.1) is 0 Å². The first kappa shape index (κ1) is 24.6. The van der Waals surface area contributed by atoms with Crippen LogP contribution in [0.3, 0.4) is 0 Å². The Labute approximate surface area is 193 Å². The van der Waals surface area contributed by atoms with Gasteiger partial charge < -0.3 is 10.2 Å². The van der Waals surface area contributed by atoms with Crippen molar-refractivity contribution < 1.29 is 9.59 Å². The Hall–Kier alpha value is -1.69. The zero-order chi connectivity index (χ0) is 21.9. The maximum Gasteiger partial charge on any atom is 0.242 e. The summed E-state index contributed by atoms with van der Waals surface area (Å²) in [7, 11) is 0. The van der Waals surface area contributed by atoms with Gasteiger partial charge in [0.05, 0.1) is 0 Å². The fourth-order valence-corrected chi connectivity index (χ4v) is 4.47. The third-order valence-electron chi connectivity index (χ3n) is 4.66. The molecule has 0 radical (unpaired) electrons. The second kappa shape index (κ2) is 12.9. The van der Waals surface area contributed by atoms with Gasteiger partial charge in [0.2, 0.25) is 11.8 Å². The Bertz CT molecular complexity index is 833. The average molecular weight is 467 g/mol. The van der Waals surface area contributed by atoms with Crippen LogP contribution >= 0.6 is 35.0 Å². The Morgan fingerprint density at radius 3 is 2.47 bits per heavy atom. The summed E-state index contributed by atoms with van der Waals surface area (Å²) in [6.07, 6.45) is 0.887. The number of carbonyl (C=O) groups is 2. The summed E-state index contributed by atoms with van der Waals surface area (Å²) in [5.41, 5.74) is 2.00. The highest BCUT2D eigenvalue weighted by Gasteiger charge is 2.28. The van der Waals surface area contributed by atoms with E-state index >= 15 is 0 Å². The molecule has 2 aromatic rings. The van der Waals surface area contributed by atoms with E-state index in [1.54, 1.807) is 34.9 Å². The smallest absolute Gasteiger partial charge is 0.242 e. The number of thioether (sulfide) groups is 1. The third kappa shape index (κ3) is 7.53. The van der Waals surface area contributed by atoms with Crippen LogP contribution in [0.1, 0.15) is 37.8 Å². The zero-order valence-corrected chi connectivity index (χ0v) is 19.7. The summed E-state index contributed by atoms with van der Waals surface area (Å²) >= 11 is 14.0. The number of nitrogens with zero attached hydrogens (tertiary/aromatic N) is 1. The van der Waals surface area contributed by atoms with E-state index in [-0.39, 0.29) is 18.4 Å². The lowest BCUT2D eigenvalue weighted by Gasteiger charge is -2.31. The SMILES string of the molecule is CCNC(=O)[C@@H](CC)N(Cc1ccc(Cl)cc1Cl)C(=O)CCSCc1ccccc1. The Kier molecular flexibility index (Phi) is 10.6. The van der Waals surface area contributed by atoms with Gasteiger partial charge in [-0.2, -0.15) is 11.8 Å². The molecule has 0 spiro atoms. The number of hydrogen-bond acceptors (Lipinski definition) is 3. The average Bonchev–Trinajstić information content (AvgIpc) is 2.73. The predicted octanol–water partition coefficient (Wildman–Crippen LogP) is 5.56. The number of likely N-dealkylation sites (N-methyl/N-ethyl adjacent to an activating group) is 1. The fourth-order valence-electron chi connectivity index (χ4n) is 3.11. The van der Waals surface area contributed by atoms with Gasteiger partial charge in [0.1, 0.15) is 6.04 Å². The summed E-state index contributed by atoms with van der Waals surface area (Å²) in [5, 5.41) is 3.87. The maximum atomic E-state index is 13.1. The van der Waals surface area contributed by atoms with E-state index < -0.39 is 6.04 Å². The summed E-state index contributed by atoms with van der Waals surface area (Å²) in [4.78, 5) is 27.4. The van der Waals surface area contributed by atoms with Gasteiger partial charge in [-0.3, -0.25) is 9.59 Å². The number of rotatable bonds is 11. The van der Waals surface area contributed by atoms with Crippen molar-refractivity contribution in [2.24, 2.45) is 0 Å². The van der Waals surface area contributed by atoms with E-state index in [0.29, 0.717) is 35.2 Å². The number of halogens is 2. The van der Waals surface area contributed by atoms with Crippen LogP contribution in [0.15, 0.2) is 48.5 Å². The molecule has 0 aromatic heterocycles. The highest BCUT2D eigenvalue weighted by molar-refractivity contribution is 7.98. The van der Waals surface area contributed by atoms with Crippen LogP contribution in [-0.2, 0) is 21.9 Å². The van der Waals surface area contributed by atoms with Gasteiger partial charge in [0.25, 0.3) is 0 Å². The van der Waals surface area contributed by atoms with E-state index in [9.17, 15) is 9.59 Å². The van der Waals surface area contributed by atoms with Gasteiger partial charge in [-0.05, 0) is 36.6 Å². The lowest BCUT2D eigenvalue weighted by molar-refractivity contribution is -0.141. The van der Waals surface area contributed by atoms with E-state index in [2.05, 4.69) is 17.4 Å². The van der Waals surface area contributed by atoms with Crippen molar-refractivity contribution in [2.75, 3.05) is 12.3 Å². The van der Waals surface area contributed by atoms with Gasteiger partial charge in [-0.15, -0.1) is 0 Å². The predicted molar refractivity (Wildman–Crippen MR) is 127 cm³/mol. The quantitative estimate of drug-likeness (QED) is 0.440. The molecule has 4 nitrogen and oxygen atoms in total. The third-order valence-corrected chi connectivity index (χ3v) is 6.28. The van der Waals surface area contributed by atoms with Crippen molar-refractivity contribution in [1.29, 1.82) is 0 Å². The Morgan fingerprint density at radius 1 is 1.10 bits per heavy atom. The fraction of sp³-hybridized carbons (Fsp3) is 0.391. The number of nitrogens with one attached hydrogen (secondary N) is 1. The van der Waals surface area contributed by atoms with E-state index in [1.165, 1.54) is 5.56 Å². The van der Waals surface area contributed by atoms with Gasteiger partial charge in [-0.25, -0.2) is 0 Å². The second-order valence-electron chi connectivity index (χ2n) is 6.86. The largest absolute Gasteiger partial charge is 0.355 e. The lowest BCUT2D eigenvalue weighted by atomic mass is 10.1. The van der Waals surface area contributed by atoms with E-state index in [1.807, 2.05) is 32.0 Å². The monoisotopic (exact) mass is 466 g/mol. The molecule has 2 rings (SSSR count). The van der Waals surface area contributed by atoms with Crippen LogP contribution in [-0.4, -0.2) is 35.1 Å². The van der Waals surface area contributed by atoms with E-state index in [4.69, 9.17) is 23.2 Å². The molecule has 0 bridgehead atoms. The van der Waals surface area contributed by atoms with Crippen LogP contribution < -0.4 is 5.32 Å². The molecule has 2 amide bonds. The number of hydrogen-bond donors (Lipinski definition) is 1. The van der Waals surface area contributed by atoms with Crippen LogP contribution in [0.25, 0.3) is 0 Å². The van der Waals surface area contributed by atoms with Gasteiger partial charge in [0, 0.05) is 41.1 Å². The molecule has 0 saturated carbocycles. The van der Waals surface area contributed by atoms with Crippen molar-refractivity contribution in [1.82, 2.24) is 10.2 Å². The van der Waals surface area contributed by atoms with E-state index in [0.717, 1.165) is 11.3 Å². The topological polar surface area (TPSA) is 49.4 Å². The molecule has 2 aromatic carbocycles. The Morgan fingerprint density at radius 2 is 1.83 bits per heavy atom. The van der Waals surface area contributed by atoms with Gasteiger partial charge >= 0.3 is 0 Å². The van der Waals surface area contributed by atoms with Crippen molar-refractivity contribution in [3.8, 4) is 0 Å². The summed E-state index contributed by atoms with van der Waals surface area (Å²) in [6.45, 7) is 4.57. The molecule has 0 aliphatic heterocycles. The molecule has 7 heteroatoms. The molecule has 0 saturated heterocycles. The Balaban J connectivity index is 2.08. The maximum absolute atomic E-state index is 13.1.